The van der Waals surface area contributed by atoms with E-state index in [1.807, 2.05) is 12.2 Å². The lowest BCUT2D eigenvalue weighted by Crippen LogP contribution is -2.18. The summed E-state index contributed by atoms with van der Waals surface area (Å²) in [6.07, 6.45) is 6.83. The molecule has 0 spiro atoms. The molecule has 0 saturated carbocycles. The first-order valence-electron chi connectivity index (χ1n) is 3.72. The van der Waals surface area contributed by atoms with E-state index in [1.54, 1.807) is 6.08 Å². The third-order valence-electron chi connectivity index (χ3n) is 1.67. The van der Waals surface area contributed by atoms with Crippen LogP contribution in [0.25, 0.3) is 0 Å². The van der Waals surface area contributed by atoms with Gasteiger partial charge in [-0.05, 0) is 12.8 Å². The van der Waals surface area contributed by atoms with Crippen LogP contribution in [0.2, 0.25) is 0 Å². The van der Waals surface area contributed by atoms with Crippen molar-refractivity contribution in [3.8, 4) is 0 Å². The summed E-state index contributed by atoms with van der Waals surface area (Å²) < 4.78 is 4.31. The molecule has 0 bridgehead atoms. The SMILES string of the molecule is COC(=O)C(=O)C1=CCC=CC1. The number of hydrogen-bond donors (Lipinski definition) is 0. The Morgan fingerprint density at radius 3 is 2.67 bits per heavy atom. The summed E-state index contributed by atoms with van der Waals surface area (Å²) in [6.45, 7) is 0. The van der Waals surface area contributed by atoms with Crippen LogP contribution < -0.4 is 0 Å². The maximum atomic E-state index is 11.2. The Balaban J connectivity index is 2.64. The number of carbonyl (C=O) groups excluding carboxylic acids is 2. The van der Waals surface area contributed by atoms with Crippen LogP contribution in [0.4, 0.5) is 0 Å². The van der Waals surface area contributed by atoms with Gasteiger partial charge in [0.05, 0.1) is 7.11 Å². The topological polar surface area (TPSA) is 43.4 Å². The van der Waals surface area contributed by atoms with E-state index >= 15 is 0 Å². The molecule has 0 N–H and O–H groups in total. The Hall–Kier alpha value is -1.38. The second-order valence-electron chi connectivity index (χ2n) is 2.46. The highest BCUT2D eigenvalue weighted by Gasteiger charge is 2.18. The number of rotatable bonds is 2. The predicted molar refractivity (Wildman–Crippen MR) is 43.5 cm³/mol. The maximum Gasteiger partial charge on any atom is 0.379 e. The first-order chi connectivity index (χ1) is 5.75. The molecule has 1 rings (SSSR count). The zero-order chi connectivity index (χ0) is 8.97. The van der Waals surface area contributed by atoms with Crippen molar-refractivity contribution in [3.63, 3.8) is 0 Å². The molecular formula is C9H10O3. The van der Waals surface area contributed by atoms with Crippen molar-refractivity contribution < 1.29 is 14.3 Å². The molecule has 12 heavy (non-hydrogen) atoms. The van der Waals surface area contributed by atoms with Crippen LogP contribution in [0.15, 0.2) is 23.8 Å². The molecule has 0 saturated heterocycles. The van der Waals surface area contributed by atoms with Crippen LogP contribution in [-0.4, -0.2) is 18.9 Å². The van der Waals surface area contributed by atoms with Gasteiger partial charge in [0.2, 0.25) is 0 Å². The highest BCUT2D eigenvalue weighted by molar-refractivity contribution is 6.40. The molecule has 64 valence electrons. The van der Waals surface area contributed by atoms with E-state index in [4.69, 9.17) is 0 Å². The summed E-state index contributed by atoms with van der Waals surface area (Å²) >= 11 is 0. The molecule has 0 aromatic carbocycles. The van der Waals surface area contributed by atoms with Gasteiger partial charge < -0.3 is 4.74 Å². The molecule has 3 heteroatoms. The van der Waals surface area contributed by atoms with Crippen LogP contribution in [0, 0.1) is 0 Å². The van der Waals surface area contributed by atoms with Crippen molar-refractivity contribution in [2.75, 3.05) is 7.11 Å². The van der Waals surface area contributed by atoms with Crippen molar-refractivity contribution in [2.45, 2.75) is 12.8 Å². The summed E-state index contributed by atoms with van der Waals surface area (Å²) in [6, 6.07) is 0. The fourth-order valence-corrected chi connectivity index (χ4v) is 1.01. The third-order valence-corrected chi connectivity index (χ3v) is 1.67. The minimum Gasteiger partial charge on any atom is -0.463 e. The van der Waals surface area contributed by atoms with Gasteiger partial charge in [-0.25, -0.2) is 4.79 Å². The van der Waals surface area contributed by atoms with Crippen LogP contribution in [-0.2, 0) is 14.3 Å². The molecule has 0 aliphatic heterocycles. The van der Waals surface area contributed by atoms with Crippen LogP contribution >= 0.6 is 0 Å². The molecule has 0 fully saturated rings. The van der Waals surface area contributed by atoms with E-state index in [0.29, 0.717) is 12.0 Å². The lowest BCUT2D eigenvalue weighted by molar-refractivity contribution is -0.149. The van der Waals surface area contributed by atoms with Gasteiger partial charge in [0, 0.05) is 5.57 Å². The highest BCUT2D eigenvalue weighted by Crippen LogP contribution is 2.12. The van der Waals surface area contributed by atoms with Gasteiger partial charge in [-0.15, -0.1) is 0 Å². The van der Waals surface area contributed by atoms with E-state index in [-0.39, 0.29) is 0 Å². The van der Waals surface area contributed by atoms with Crippen LogP contribution in [0.1, 0.15) is 12.8 Å². The number of ether oxygens (including phenoxy) is 1. The van der Waals surface area contributed by atoms with Gasteiger partial charge in [0.1, 0.15) is 0 Å². The van der Waals surface area contributed by atoms with Crippen molar-refractivity contribution in [3.05, 3.63) is 23.8 Å². The lowest BCUT2D eigenvalue weighted by Gasteiger charge is -2.04. The van der Waals surface area contributed by atoms with Gasteiger partial charge in [-0.2, -0.15) is 0 Å². The minimum atomic E-state index is -0.781. The molecule has 1 aliphatic rings. The number of esters is 1. The Kier molecular flexibility index (Phi) is 2.80. The zero-order valence-electron chi connectivity index (χ0n) is 6.87. The van der Waals surface area contributed by atoms with Crippen LogP contribution in [0.5, 0.6) is 0 Å². The zero-order valence-corrected chi connectivity index (χ0v) is 6.87. The molecule has 1 aliphatic carbocycles. The summed E-state index contributed by atoms with van der Waals surface area (Å²) in [5, 5.41) is 0. The van der Waals surface area contributed by atoms with E-state index in [2.05, 4.69) is 4.74 Å². The second kappa shape index (κ2) is 3.85. The third kappa shape index (κ3) is 1.81. The monoisotopic (exact) mass is 166 g/mol. The number of Topliss-reactive ketones (excluding diaryl/α,β-unsaturated/α-hetero) is 1. The molecule has 0 aromatic rings. The summed E-state index contributed by atoms with van der Waals surface area (Å²) in [4.78, 5) is 21.9. The van der Waals surface area contributed by atoms with Gasteiger partial charge in [-0.3, -0.25) is 4.79 Å². The first kappa shape index (κ1) is 8.71. The standard InChI is InChI=1S/C9H10O3/c1-12-9(11)8(10)7-5-3-2-4-6-7/h2-3,6H,4-5H2,1H3. The Morgan fingerprint density at radius 2 is 2.17 bits per heavy atom. The summed E-state index contributed by atoms with van der Waals surface area (Å²) in [5.74, 6) is -1.31. The molecule has 0 atom stereocenters. The van der Waals surface area contributed by atoms with Gasteiger partial charge in [-0.1, -0.05) is 18.2 Å². The number of ketones is 1. The lowest BCUT2D eigenvalue weighted by atomic mass is 10.0. The van der Waals surface area contributed by atoms with Crippen molar-refractivity contribution in [2.24, 2.45) is 0 Å². The number of carbonyl (C=O) groups is 2. The summed E-state index contributed by atoms with van der Waals surface area (Å²) in [7, 11) is 1.21. The fraction of sp³-hybridized carbons (Fsp3) is 0.333. The number of allylic oxidation sites excluding steroid dienone is 3. The number of hydrogen-bond acceptors (Lipinski definition) is 3. The van der Waals surface area contributed by atoms with Gasteiger partial charge in [0.15, 0.2) is 0 Å². The van der Waals surface area contributed by atoms with E-state index in [1.165, 1.54) is 7.11 Å². The largest absolute Gasteiger partial charge is 0.463 e. The van der Waals surface area contributed by atoms with Crippen LogP contribution in [0.3, 0.4) is 0 Å². The molecule has 3 nitrogen and oxygen atoms in total. The predicted octanol–water partition coefficient (Wildman–Crippen LogP) is 1.00. The van der Waals surface area contributed by atoms with Crippen molar-refractivity contribution >= 4 is 11.8 Å². The Labute approximate surface area is 70.7 Å². The van der Waals surface area contributed by atoms with E-state index < -0.39 is 11.8 Å². The molecular weight excluding hydrogens is 156 g/mol. The average Bonchev–Trinajstić information content (AvgIpc) is 2.17. The Morgan fingerprint density at radius 1 is 1.42 bits per heavy atom. The molecule has 0 amide bonds. The van der Waals surface area contributed by atoms with E-state index in [0.717, 1.165) is 6.42 Å². The fourth-order valence-electron chi connectivity index (χ4n) is 1.01. The first-order valence-corrected chi connectivity index (χ1v) is 3.72. The smallest absolute Gasteiger partial charge is 0.379 e. The van der Waals surface area contributed by atoms with Crippen molar-refractivity contribution in [1.29, 1.82) is 0 Å². The number of methoxy groups -OCH3 is 1. The highest BCUT2D eigenvalue weighted by atomic mass is 16.5. The van der Waals surface area contributed by atoms with Gasteiger partial charge >= 0.3 is 5.97 Å². The quantitative estimate of drug-likeness (QED) is 0.349. The minimum absolute atomic E-state index is 0.526. The molecule has 0 aromatic heterocycles. The average molecular weight is 166 g/mol. The van der Waals surface area contributed by atoms with E-state index in [9.17, 15) is 9.59 Å². The second-order valence-corrected chi connectivity index (χ2v) is 2.46. The van der Waals surface area contributed by atoms with Crippen molar-refractivity contribution in [1.82, 2.24) is 0 Å². The maximum absolute atomic E-state index is 11.2. The summed E-state index contributed by atoms with van der Waals surface area (Å²) in [5.41, 5.74) is 0.532. The van der Waals surface area contributed by atoms with Gasteiger partial charge in [0.25, 0.3) is 5.78 Å². The molecule has 0 radical (unpaired) electrons. The normalized spacial score (nSPS) is 15.2. The molecule has 0 unspecified atom stereocenters. The Bertz CT molecular complexity index is 261. The molecule has 0 heterocycles.